The Morgan fingerprint density at radius 1 is 1.35 bits per heavy atom. The van der Waals surface area contributed by atoms with E-state index in [1.807, 2.05) is 27.7 Å². The van der Waals surface area contributed by atoms with Crippen LogP contribution in [0, 0.1) is 11.3 Å². The summed E-state index contributed by atoms with van der Waals surface area (Å²) in [4.78, 5) is 11.8. The Kier molecular flexibility index (Phi) is 7.39. The topological polar surface area (TPSA) is 75.3 Å². The highest BCUT2D eigenvalue weighted by Crippen LogP contribution is 2.24. The maximum absolute atomic E-state index is 11.8. The molecule has 0 aromatic heterocycles. The fourth-order valence-electron chi connectivity index (χ4n) is 1.80. The molecule has 1 amide bonds. The second-order valence-electron chi connectivity index (χ2n) is 5.32. The minimum Gasteiger partial charge on any atom is -0.396 e. The molecule has 0 fully saturated rings. The maximum atomic E-state index is 11.8. The molecular weight excluding hydrogens is 216 g/mol. The average molecular weight is 244 g/mol. The van der Waals surface area contributed by atoms with Crippen LogP contribution in [0.5, 0.6) is 0 Å². The van der Waals surface area contributed by atoms with E-state index < -0.39 is 6.04 Å². The third-order valence-corrected chi connectivity index (χ3v) is 3.54. The van der Waals surface area contributed by atoms with Crippen LogP contribution in [0.4, 0.5) is 0 Å². The third kappa shape index (κ3) is 5.50. The van der Waals surface area contributed by atoms with E-state index in [9.17, 15) is 9.90 Å². The summed E-state index contributed by atoms with van der Waals surface area (Å²) in [5, 5.41) is 12.2. The monoisotopic (exact) mass is 244 g/mol. The van der Waals surface area contributed by atoms with Crippen molar-refractivity contribution in [1.82, 2.24) is 5.32 Å². The van der Waals surface area contributed by atoms with E-state index in [1.165, 1.54) is 0 Å². The fraction of sp³-hybridized carbons (Fsp3) is 0.923. The Balaban J connectivity index is 4.21. The van der Waals surface area contributed by atoms with Crippen molar-refractivity contribution in [2.45, 2.75) is 53.0 Å². The molecule has 0 radical (unpaired) electrons. The number of nitrogens with two attached hydrogens (primary N) is 1. The lowest BCUT2D eigenvalue weighted by Crippen LogP contribution is -2.46. The van der Waals surface area contributed by atoms with Gasteiger partial charge in [0.2, 0.25) is 5.91 Å². The molecule has 0 spiro atoms. The number of nitrogens with one attached hydrogen (secondary N) is 1. The Hall–Kier alpha value is -0.610. The molecule has 0 bridgehead atoms. The van der Waals surface area contributed by atoms with Gasteiger partial charge in [-0.2, -0.15) is 0 Å². The summed E-state index contributed by atoms with van der Waals surface area (Å²) in [6.45, 7) is 8.74. The molecule has 0 heterocycles. The highest BCUT2D eigenvalue weighted by molar-refractivity contribution is 5.81. The van der Waals surface area contributed by atoms with E-state index in [2.05, 4.69) is 5.32 Å². The Bertz CT molecular complexity index is 217. The summed E-state index contributed by atoms with van der Waals surface area (Å²) in [6, 6.07) is -0.444. The second kappa shape index (κ2) is 7.67. The first-order valence-corrected chi connectivity index (χ1v) is 6.55. The Morgan fingerprint density at radius 2 is 1.88 bits per heavy atom. The number of aliphatic hydroxyl groups is 1. The van der Waals surface area contributed by atoms with Gasteiger partial charge in [0.1, 0.15) is 0 Å². The van der Waals surface area contributed by atoms with Gasteiger partial charge in [0.05, 0.1) is 12.6 Å². The Morgan fingerprint density at radius 3 is 2.24 bits per heavy atom. The number of carbonyl (C=O) groups is 1. The molecule has 0 aliphatic heterocycles. The lowest BCUT2D eigenvalue weighted by Gasteiger charge is -2.30. The van der Waals surface area contributed by atoms with Crippen molar-refractivity contribution < 1.29 is 9.90 Å². The molecule has 0 aromatic carbocycles. The number of rotatable bonds is 8. The van der Waals surface area contributed by atoms with E-state index in [0.717, 1.165) is 12.8 Å². The van der Waals surface area contributed by atoms with Gasteiger partial charge in [-0.25, -0.2) is 0 Å². The Labute approximate surface area is 105 Å². The number of hydrogen-bond donors (Lipinski definition) is 3. The molecule has 1 unspecified atom stereocenters. The van der Waals surface area contributed by atoms with Crippen molar-refractivity contribution in [1.29, 1.82) is 0 Å². The highest BCUT2D eigenvalue weighted by atomic mass is 16.3. The second-order valence-corrected chi connectivity index (χ2v) is 5.32. The highest BCUT2D eigenvalue weighted by Gasteiger charge is 2.26. The summed E-state index contributed by atoms with van der Waals surface area (Å²) in [5.41, 5.74) is 5.60. The lowest BCUT2D eigenvalue weighted by atomic mass is 9.83. The van der Waals surface area contributed by atoms with Crippen molar-refractivity contribution in [3.05, 3.63) is 0 Å². The van der Waals surface area contributed by atoms with Gasteiger partial charge in [-0.15, -0.1) is 0 Å². The quantitative estimate of drug-likeness (QED) is 0.602. The van der Waals surface area contributed by atoms with Crippen molar-refractivity contribution in [3.8, 4) is 0 Å². The molecule has 4 N–H and O–H groups in total. The molecule has 102 valence electrons. The summed E-state index contributed by atoms with van der Waals surface area (Å²) in [7, 11) is 0. The number of hydrogen-bond acceptors (Lipinski definition) is 3. The fourth-order valence-corrected chi connectivity index (χ4v) is 1.80. The van der Waals surface area contributed by atoms with E-state index >= 15 is 0 Å². The molecular formula is C13H28N2O2. The van der Waals surface area contributed by atoms with Crippen molar-refractivity contribution in [3.63, 3.8) is 0 Å². The number of aliphatic hydroxyl groups excluding tert-OH is 1. The summed E-state index contributed by atoms with van der Waals surface area (Å²) >= 11 is 0. The number of carbonyl (C=O) groups excluding carboxylic acids is 1. The SMILES string of the molecule is CCC(CC)(CO)CNC(=O)C(N)CC(C)C. The number of amides is 1. The van der Waals surface area contributed by atoms with E-state index in [1.54, 1.807) is 0 Å². The van der Waals surface area contributed by atoms with Crippen LogP contribution in [0.1, 0.15) is 47.0 Å². The third-order valence-electron chi connectivity index (χ3n) is 3.54. The summed E-state index contributed by atoms with van der Waals surface area (Å²) in [5.74, 6) is 0.300. The van der Waals surface area contributed by atoms with Gasteiger partial charge < -0.3 is 16.2 Å². The molecule has 4 nitrogen and oxygen atoms in total. The van der Waals surface area contributed by atoms with Crippen molar-refractivity contribution in [2.75, 3.05) is 13.2 Å². The summed E-state index contributed by atoms with van der Waals surface area (Å²) in [6.07, 6.45) is 2.38. The van der Waals surface area contributed by atoms with E-state index in [-0.39, 0.29) is 17.9 Å². The molecule has 0 aromatic rings. The van der Waals surface area contributed by atoms with Crippen LogP contribution in [0.15, 0.2) is 0 Å². The van der Waals surface area contributed by atoms with Crippen LogP contribution in [0.3, 0.4) is 0 Å². The van der Waals surface area contributed by atoms with Crippen molar-refractivity contribution >= 4 is 5.91 Å². The minimum absolute atomic E-state index is 0.0969. The first-order valence-electron chi connectivity index (χ1n) is 6.55. The van der Waals surface area contributed by atoms with Crippen LogP contribution in [-0.4, -0.2) is 30.2 Å². The summed E-state index contributed by atoms with van der Waals surface area (Å²) < 4.78 is 0. The van der Waals surface area contributed by atoms with Gasteiger partial charge in [0.25, 0.3) is 0 Å². The predicted molar refractivity (Wildman–Crippen MR) is 70.5 cm³/mol. The molecule has 0 saturated carbocycles. The van der Waals surface area contributed by atoms with Gasteiger partial charge in [-0.1, -0.05) is 27.7 Å². The van der Waals surface area contributed by atoms with Gasteiger partial charge in [-0.3, -0.25) is 4.79 Å². The smallest absolute Gasteiger partial charge is 0.236 e. The van der Waals surface area contributed by atoms with Crippen LogP contribution < -0.4 is 11.1 Å². The zero-order chi connectivity index (χ0) is 13.5. The van der Waals surface area contributed by atoms with E-state index in [0.29, 0.717) is 18.9 Å². The van der Waals surface area contributed by atoms with Gasteiger partial charge in [0.15, 0.2) is 0 Å². The normalized spacial score (nSPS) is 13.8. The molecule has 17 heavy (non-hydrogen) atoms. The molecule has 1 atom stereocenters. The van der Waals surface area contributed by atoms with Crippen LogP contribution in [0.2, 0.25) is 0 Å². The standard InChI is InChI=1S/C13H28N2O2/c1-5-13(6-2,9-16)8-15-12(17)11(14)7-10(3)4/h10-11,16H,5-9,14H2,1-4H3,(H,15,17). The molecule has 0 aliphatic rings. The largest absolute Gasteiger partial charge is 0.396 e. The van der Waals surface area contributed by atoms with Gasteiger partial charge >= 0.3 is 0 Å². The van der Waals surface area contributed by atoms with E-state index in [4.69, 9.17) is 5.73 Å². The molecule has 4 heteroatoms. The predicted octanol–water partition coefficient (Wildman–Crippen LogP) is 1.27. The van der Waals surface area contributed by atoms with Crippen molar-refractivity contribution in [2.24, 2.45) is 17.1 Å². The minimum atomic E-state index is -0.444. The van der Waals surface area contributed by atoms with Gasteiger partial charge in [0, 0.05) is 12.0 Å². The first kappa shape index (κ1) is 16.4. The average Bonchev–Trinajstić information content (AvgIpc) is 2.30. The van der Waals surface area contributed by atoms with Gasteiger partial charge in [-0.05, 0) is 25.2 Å². The molecule has 0 rings (SSSR count). The lowest BCUT2D eigenvalue weighted by molar-refractivity contribution is -0.123. The van der Waals surface area contributed by atoms with Crippen LogP contribution in [0.25, 0.3) is 0 Å². The zero-order valence-corrected chi connectivity index (χ0v) is 11.6. The zero-order valence-electron chi connectivity index (χ0n) is 11.6. The maximum Gasteiger partial charge on any atom is 0.236 e. The first-order chi connectivity index (χ1) is 7.90. The van der Waals surface area contributed by atoms with Crippen LogP contribution in [-0.2, 0) is 4.79 Å². The molecule has 0 saturated heterocycles. The van der Waals surface area contributed by atoms with Crippen LogP contribution >= 0.6 is 0 Å². The molecule has 0 aliphatic carbocycles.